The van der Waals surface area contributed by atoms with E-state index in [2.05, 4.69) is 21.5 Å². The number of hydrogen-bond donors (Lipinski definition) is 1. The Kier molecular flexibility index (Phi) is 5.22. The third-order valence-electron chi connectivity index (χ3n) is 4.89. The predicted molar refractivity (Wildman–Crippen MR) is 111 cm³/mol. The predicted octanol–water partition coefficient (Wildman–Crippen LogP) is 3.96. The molecular weight excluding hydrogens is 378 g/mol. The topological polar surface area (TPSA) is 105 Å². The van der Waals surface area contributed by atoms with E-state index in [1.807, 2.05) is 44.2 Å². The normalized spacial score (nSPS) is 10.7. The third-order valence-corrected chi connectivity index (χ3v) is 4.89. The van der Waals surface area contributed by atoms with Gasteiger partial charge in [-0.05, 0) is 30.7 Å². The van der Waals surface area contributed by atoms with E-state index in [9.17, 15) is 10.1 Å². The van der Waals surface area contributed by atoms with Crippen molar-refractivity contribution in [3.8, 4) is 17.3 Å². The maximum Gasteiger partial charge on any atom is 0.251 e. The highest BCUT2D eigenvalue weighted by Gasteiger charge is 2.15. The molecule has 0 spiro atoms. The molecule has 0 aliphatic carbocycles. The molecule has 2 aromatic heterocycles. The molecule has 0 aliphatic heterocycles. The Labute approximate surface area is 173 Å². The maximum absolute atomic E-state index is 12.6. The molecular formula is C23H19N5O2. The van der Waals surface area contributed by atoms with Crippen molar-refractivity contribution in [3.05, 3.63) is 76.9 Å². The lowest BCUT2D eigenvalue weighted by Crippen LogP contribution is -2.23. The van der Waals surface area contributed by atoms with Gasteiger partial charge in [0.15, 0.2) is 5.82 Å². The maximum atomic E-state index is 12.6. The quantitative estimate of drug-likeness (QED) is 0.547. The van der Waals surface area contributed by atoms with Crippen LogP contribution in [0.5, 0.6) is 0 Å². The van der Waals surface area contributed by atoms with Crippen LogP contribution in [0.25, 0.3) is 22.2 Å². The Morgan fingerprint density at radius 3 is 2.77 bits per heavy atom. The lowest BCUT2D eigenvalue weighted by molar-refractivity contribution is 0.0946. The second-order valence-electron chi connectivity index (χ2n) is 6.81. The Morgan fingerprint density at radius 2 is 2.00 bits per heavy atom. The summed E-state index contributed by atoms with van der Waals surface area (Å²) in [5.41, 5.74) is 3.91. The standard InChI is InChI=1S/C23H19N5O2/c1-3-20-27-21(30-28-20)13-25-23(29)16-8-6-7-15(11-16)22-18(12-24)14(2)17-9-4-5-10-19(17)26-22/h4-11H,3,13H2,1-2H3,(H,25,29). The van der Waals surface area contributed by atoms with Crippen molar-refractivity contribution in [3.63, 3.8) is 0 Å². The Hall–Kier alpha value is -4.05. The number of hydrogen-bond acceptors (Lipinski definition) is 6. The summed E-state index contributed by atoms with van der Waals surface area (Å²) in [5.74, 6) is 0.682. The number of nitrogens with zero attached hydrogens (tertiary/aromatic N) is 4. The van der Waals surface area contributed by atoms with E-state index < -0.39 is 0 Å². The van der Waals surface area contributed by atoms with Gasteiger partial charge in [-0.1, -0.05) is 42.4 Å². The second kappa shape index (κ2) is 8.13. The molecule has 7 heteroatoms. The van der Waals surface area contributed by atoms with Crippen LogP contribution in [0.1, 0.15) is 40.1 Å². The summed E-state index contributed by atoms with van der Waals surface area (Å²) in [7, 11) is 0. The van der Waals surface area contributed by atoms with Gasteiger partial charge in [-0.2, -0.15) is 10.2 Å². The van der Waals surface area contributed by atoms with Crippen molar-refractivity contribution in [2.75, 3.05) is 0 Å². The minimum atomic E-state index is -0.274. The summed E-state index contributed by atoms with van der Waals surface area (Å²) >= 11 is 0. The lowest BCUT2D eigenvalue weighted by atomic mass is 9.97. The number of nitriles is 1. The van der Waals surface area contributed by atoms with Crippen molar-refractivity contribution in [1.82, 2.24) is 20.4 Å². The van der Waals surface area contributed by atoms with Crippen LogP contribution in [0.15, 0.2) is 53.1 Å². The molecule has 2 heterocycles. The molecule has 0 bridgehead atoms. The lowest BCUT2D eigenvalue weighted by Gasteiger charge is -2.11. The van der Waals surface area contributed by atoms with E-state index >= 15 is 0 Å². The summed E-state index contributed by atoms with van der Waals surface area (Å²) in [4.78, 5) is 21.5. The van der Waals surface area contributed by atoms with Gasteiger partial charge in [-0.15, -0.1) is 0 Å². The van der Waals surface area contributed by atoms with E-state index in [0.29, 0.717) is 40.5 Å². The molecule has 0 fully saturated rings. The monoisotopic (exact) mass is 397 g/mol. The first-order valence-electron chi connectivity index (χ1n) is 9.60. The van der Waals surface area contributed by atoms with Gasteiger partial charge in [-0.25, -0.2) is 4.98 Å². The van der Waals surface area contributed by atoms with Crippen molar-refractivity contribution < 1.29 is 9.32 Å². The Balaban J connectivity index is 1.65. The van der Waals surface area contributed by atoms with Gasteiger partial charge in [0.2, 0.25) is 5.89 Å². The molecule has 0 atom stereocenters. The van der Waals surface area contributed by atoms with E-state index in [4.69, 9.17) is 9.51 Å². The van der Waals surface area contributed by atoms with Crippen molar-refractivity contribution in [1.29, 1.82) is 5.26 Å². The number of amides is 1. The fraction of sp³-hybridized carbons (Fsp3) is 0.174. The number of aromatic nitrogens is 3. The average molecular weight is 397 g/mol. The van der Waals surface area contributed by atoms with E-state index in [0.717, 1.165) is 16.5 Å². The molecule has 0 saturated heterocycles. The number of carbonyl (C=O) groups is 1. The highest BCUT2D eigenvalue weighted by atomic mass is 16.5. The average Bonchev–Trinajstić information content (AvgIpc) is 3.25. The SMILES string of the molecule is CCc1noc(CNC(=O)c2cccc(-c3nc4ccccc4c(C)c3C#N)c2)n1. The number of benzene rings is 2. The van der Waals surface area contributed by atoms with Gasteiger partial charge >= 0.3 is 0 Å². The minimum absolute atomic E-state index is 0.146. The number of fused-ring (bicyclic) bond motifs is 1. The molecule has 0 saturated carbocycles. The second-order valence-corrected chi connectivity index (χ2v) is 6.81. The van der Waals surface area contributed by atoms with Crippen LogP contribution in [0.4, 0.5) is 0 Å². The first-order chi connectivity index (χ1) is 14.6. The largest absolute Gasteiger partial charge is 0.343 e. The zero-order valence-electron chi connectivity index (χ0n) is 16.6. The Morgan fingerprint density at radius 1 is 1.17 bits per heavy atom. The number of para-hydroxylation sites is 1. The fourth-order valence-electron chi connectivity index (χ4n) is 3.29. The van der Waals surface area contributed by atoms with Crippen LogP contribution in [0.3, 0.4) is 0 Å². The van der Waals surface area contributed by atoms with Gasteiger partial charge < -0.3 is 9.84 Å². The molecule has 2 aromatic carbocycles. The summed E-state index contributed by atoms with van der Waals surface area (Å²) in [6.07, 6.45) is 0.666. The van der Waals surface area contributed by atoms with E-state index in [1.165, 1.54) is 0 Å². The zero-order valence-corrected chi connectivity index (χ0v) is 16.6. The van der Waals surface area contributed by atoms with Gasteiger partial charge in [0.1, 0.15) is 6.07 Å². The van der Waals surface area contributed by atoms with Crippen molar-refractivity contribution >= 4 is 16.8 Å². The molecule has 1 N–H and O–H groups in total. The Bertz CT molecular complexity index is 1290. The highest BCUT2D eigenvalue weighted by molar-refractivity contribution is 5.96. The molecule has 0 unspecified atom stereocenters. The number of nitrogens with one attached hydrogen (secondary N) is 1. The number of pyridine rings is 1. The summed E-state index contributed by atoms with van der Waals surface area (Å²) in [6, 6.07) is 17.0. The van der Waals surface area contributed by atoms with Gasteiger partial charge in [0.05, 0.1) is 23.3 Å². The number of aryl methyl sites for hydroxylation is 2. The summed E-state index contributed by atoms with van der Waals surface area (Å²) in [6.45, 7) is 3.99. The number of rotatable bonds is 5. The van der Waals surface area contributed by atoms with Gasteiger partial charge in [0.25, 0.3) is 5.91 Å². The van der Waals surface area contributed by atoms with Crippen LogP contribution < -0.4 is 5.32 Å². The summed E-state index contributed by atoms with van der Waals surface area (Å²) < 4.78 is 5.10. The van der Waals surface area contributed by atoms with Crippen molar-refractivity contribution in [2.24, 2.45) is 0 Å². The molecule has 7 nitrogen and oxygen atoms in total. The van der Waals surface area contributed by atoms with Crippen LogP contribution in [-0.2, 0) is 13.0 Å². The smallest absolute Gasteiger partial charge is 0.251 e. The van der Waals surface area contributed by atoms with E-state index in [-0.39, 0.29) is 12.5 Å². The molecule has 0 radical (unpaired) electrons. The van der Waals surface area contributed by atoms with Crippen LogP contribution >= 0.6 is 0 Å². The molecule has 4 rings (SSSR count). The molecule has 0 aliphatic rings. The highest BCUT2D eigenvalue weighted by Crippen LogP contribution is 2.29. The molecule has 30 heavy (non-hydrogen) atoms. The zero-order chi connectivity index (χ0) is 21.1. The van der Waals surface area contributed by atoms with Gasteiger partial charge in [0, 0.05) is 22.9 Å². The van der Waals surface area contributed by atoms with Crippen molar-refractivity contribution in [2.45, 2.75) is 26.8 Å². The van der Waals surface area contributed by atoms with Crippen LogP contribution in [0.2, 0.25) is 0 Å². The molecule has 1 amide bonds. The summed E-state index contributed by atoms with van der Waals surface area (Å²) in [5, 5.41) is 17.3. The molecule has 148 valence electrons. The first-order valence-corrected chi connectivity index (χ1v) is 9.60. The van der Waals surface area contributed by atoms with E-state index in [1.54, 1.807) is 18.2 Å². The fourth-order valence-corrected chi connectivity index (χ4v) is 3.29. The first kappa shape index (κ1) is 19.3. The van der Waals surface area contributed by atoms with Crippen LogP contribution in [0, 0.1) is 18.3 Å². The third kappa shape index (κ3) is 3.63. The van der Waals surface area contributed by atoms with Crippen LogP contribution in [-0.4, -0.2) is 21.0 Å². The number of carbonyl (C=O) groups excluding carboxylic acids is 1. The molecule has 4 aromatic rings. The minimum Gasteiger partial charge on any atom is -0.343 e. The van der Waals surface area contributed by atoms with Gasteiger partial charge in [-0.3, -0.25) is 4.79 Å².